The Morgan fingerprint density at radius 1 is 1.23 bits per heavy atom. The Bertz CT molecular complexity index is 1230. The molecule has 0 saturated carbocycles. The van der Waals surface area contributed by atoms with E-state index in [1.807, 2.05) is 0 Å². The highest BCUT2D eigenvalue weighted by Crippen LogP contribution is 2.29. The molecule has 2 N–H and O–H groups in total. The molecule has 0 unspecified atom stereocenters. The van der Waals surface area contributed by atoms with E-state index >= 15 is 0 Å². The Balaban J connectivity index is 1.84. The number of aromatic nitrogens is 2. The number of aryl methyl sites for hydroxylation is 1. The number of methoxy groups -OCH3 is 1. The van der Waals surface area contributed by atoms with Crippen LogP contribution in [-0.2, 0) is 16.6 Å². The van der Waals surface area contributed by atoms with Crippen LogP contribution in [0.4, 0.5) is 15.8 Å². The molecule has 0 saturated heterocycles. The van der Waals surface area contributed by atoms with E-state index in [0.29, 0.717) is 17.1 Å². The Labute approximate surface area is 184 Å². The number of amides is 1. The van der Waals surface area contributed by atoms with E-state index in [1.165, 1.54) is 36.1 Å². The molecule has 2 aromatic carbocycles. The van der Waals surface area contributed by atoms with Crippen LogP contribution >= 0.6 is 11.6 Å². The number of ether oxygens (including phenoxy) is 1. The molecule has 8 nitrogen and oxygen atoms in total. The summed E-state index contributed by atoms with van der Waals surface area (Å²) in [5.74, 6) is -0.566. The number of halogens is 2. The van der Waals surface area contributed by atoms with Crippen LogP contribution in [0.25, 0.3) is 0 Å². The van der Waals surface area contributed by atoms with Gasteiger partial charge in [-0.1, -0.05) is 23.7 Å². The Morgan fingerprint density at radius 3 is 2.52 bits per heavy atom. The van der Waals surface area contributed by atoms with Crippen LogP contribution in [0.5, 0.6) is 5.75 Å². The van der Waals surface area contributed by atoms with E-state index in [-0.39, 0.29) is 28.8 Å². The van der Waals surface area contributed by atoms with Gasteiger partial charge < -0.3 is 10.1 Å². The fourth-order valence-electron chi connectivity index (χ4n) is 2.94. The van der Waals surface area contributed by atoms with Crippen molar-refractivity contribution in [2.45, 2.75) is 13.5 Å². The molecular formula is C20H20ClFN4O4S. The SMILES string of the molecule is COc1ccc(NC(=O)c2c(C)nn(Cc3ccc(F)cc3)c2Cl)cc1NS(C)(=O)=O. The second-order valence-electron chi connectivity index (χ2n) is 6.78. The van der Waals surface area contributed by atoms with Crippen LogP contribution in [0, 0.1) is 12.7 Å². The first-order valence-corrected chi connectivity index (χ1v) is 11.3. The van der Waals surface area contributed by atoms with Crippen LogP contribution < -0.4 is 14.8 Å². The number of rotatable bonds is 7. The molecular weight excluding hydrogens is 447 g/mol. The van der Waals surface area contributed by atoms with Crippen molar-refractivity contribution in [2.24, 2.45) is 0 Å². The predicted octanol–water partition coefficient (Wildman–Crippen LogP) is 3.66. The molecule has 1 aromatic heterocycles. The number of nitrogens with one attached hydrogen (secondary N) is 2. The lowest BCUT2D eigenvalue weighted by Crippen LogP contribution is -2.14. The van der Waals surface area contributed by atoms with Gasteiger partial charge in [0.1, 0.15) is 16.7 Å². The summed E-state index contributed by atoms with van der Waals surface area (Å²) in [5.41, 5.74) is 1.87. The molecule has 3 aromatic rings. The largest absolute Gasteiger partial charge is 0.495 e. The zero-order valence-corrected chi connectivity index (χ0v) is 18.5. The molecule has 0 aliphatic heterocycles. The summed E-state index contributed by atoms with van der Waals surface area (Å²) in [5, 5.41) is 7.11. The number of carbonyl (C=O) groups is 1. The highest BCUT2D eigenvalue weighted by molar-refractivity contribution is 7.92. The number of sulfonamides is 1. The molecule has 31 heavy (non-hydrogen) atoms. The molecule has 0 aliphatic carbocycles. The summed E-state index contributed by atoms with van der Waals surface area (Å²) in [6, 6.07) is 10.4. The molecule has 164 valence electrons. The molecule has 1 amide bonds. The lowest BCUT2D eigenvalue weighted by Gasteiger charge is -2.12. The third-order valence-corrected chi connectivity index (χ3v) is 5.27. The summed E-state index contributed by atoms with van der Waals surface area (Å²) in [7, 11) is -2.15. The molecule has 11 heteroatoms. The standard InChI is InChI=1S/C20H20ClFN4O4S/c1-12-18(19(21)26(24-12)11-13-4-6-14(22)7-5-13)20(27)23-15-8-9-17(30-2)16(10-15)25-31(3,28)29/h4-10,25H,11H2,1-3H3,(H,23,27). The van der Waals surface area contributed by atoms with Gasteiger partial charge in [-0.25, -0.2) is 17.5 Å². The van der Waals surface area contributed by atoms with E-state index in [9.17, 15) is 17.6 Å². The number of hydrogen-bond donors (Lipinski definition) is 2. The maximum Gasteiger partial charge on any atom is 0.260 e. The monoisotopic (exact) mass is 466 g/mol. The van der Waals surface area contributed by atoms with Crippen LogP contribution in [0.2, 0.25) is 5.15 Å². The van der Waals surface area contributed by atoms with Crippen molar-refractivity contribution in [2.75, 3.05) is 23.4 Å². The first-order chi connectivity index (χ1) is 14.6. The van der Waals surface area contributed by atoms with E-state index < -0.39 is 15.9 Å². The van der Waals surface area contributed by atoms with Gasteiger partial charge in [-0.15, -0.1) is 0 Å². The fourth-order valence-corrected chi connectivity index (χ4v) is 3.82. The normalized spacial score (nSPS) is 11.3. The minimum atomic E-state index is -3.55. The Hall–Kier alpha value is -3.11. The summed E-state index contributed by atoms with van der Waals surface area (Å²) >= 11 is 6.39. The Morgan fingerprint density at radius 2 is 1.90 bits per heavy atom. The van der Waals surface area contributed by atoms with E-state index in [0.717, 1.165) is 11.8 Å². The molecule has 0 aliphatic rings. The minimum Gasteiger partial charge on any atom is -0.495 e. The minimum absolute atomic E-state index is 0.127. The molecule has 0 atom stereocenters. The molecule has 0 radical (unpaired) electrons. The third-order valence-electron chi connectivity index (χ3n) is 4.29. The van der Waals surface area contributed by atoms with Gasteiger partial charge in [0, 0.05) is 5.69 Å². The van der Waals surface area contributed by atoms with Crippen LogP contribution in [-0.4, -0.2) is 37.5 Å². The van der Waals surface area contributed by atoms with Crippen molar-refractivity contribution < 1.29 is 22.3 Å². The zero-order chi connectivity index (χ0) is 22.8. The Kier molecular flexibility index (Phi) is 6.51. The van der Waals surface area contributed by atoms with Gasteiger partial charge in [-0.2, -0.15) is 5.10 Å². The van der Waals surface area contributed by atoms with Crippen molar-refractivity contribution in [3.63, 3.8) is 0 Å². The van der Waals surface area contributed by atoms with Crippen LogP contribution in [0.3, 0.4) is 0 Å². The highest BCUT2D eigenvalue weighted by atomic mass is 35.5. The smallest absolute Gasteiger partial charge is 0.260 e. The van der Waals surface area contributed by atoms with Crippen molar-refractivity contribution in [3.8, 4) is 5.75 Å². The van der Waals surface area contributed by atoms with Gasteiger partial charge in [-0.3, -0.25) is 9.52 Å². The highest BCUT2D eigenvalue weighted by Gasteiger charge is 2.21. The average Bonchev–Trinajstić information content (AvgIpc) is 2.96. The number of anilines is 2. The average molecular weight is 467 g/mol. The van der Waals surface area contributed by atoms with Gasteiger partial charge in [0.05, 0.1) is 36.9 Å². The number of hydrogen-bond acceptors (Lipinski definition) is 5. The summed E-state index contributed by atoms with van der Waals surface area (Å²) < 4.78 is 45.2. The van der Waals surface area contributed by atoms with Crippen molar-refractivity contribution in [1.82, 2.24) is 9.78 Å². The second-order valence-corrected chi connectivity index (χ2v) is 8.89. The van der Waals surface area contributed by atoms with E-state index in [2.05, 4.69) is 15.1 Å². The maximum atomic E-state index is 13.1. The maximum absolute atomic E-state index is 13.1. The van der Waals surface area contributed by atoms with Gasteiger partial charge >= 0.3 is 0 Å². The molecule has 0 spiro atoms. The summed E-state index contributed by atoms with van der Waals surface area (Å²) in [4.78, 5) is 12.8. The van der Waals surface area contributed by atoms with Gasteiger partial charge in [0.25, 0.3) is 5.91 Å². The quantitative estimate of drug-likeness (QED) is 0.553. The van der Waals surface area contributed by atoms with E-state index in [4.69, 9.17) is 16.3 Å². The lowest BCUT2D eigenvalue weighted by atomic mass is 10.2. The summed E-state index contributed by atoms with van der Waals surface area (Å²) in [6.07, 6.45) is 1.01. The number of benzene rings is 2. The first-order valence-electron chi connectivity index (χ1n) is 9.02. The molecule has 1 heterocycles. The summed E-state index contributed by atoms with van der Waals surface area (Å²) in [6.45, 7) is 1.91. The van der Waals surface area contributed by atoms with Gasteiger partial charge in [0.2, 0.25) is 10.0 Å². The molecule has 3 rings (SSSR count). The molecule has 0 bridgehead atoms. The first kappa shape index (κ1) is 22.6. The van der Waals surface area contributed by atoms with E-state index in [1.54, 1.807) is 25.1 Å². The lowest BCUT2D eigenvalue weighted by molar-refractivity contribution is 0.102. The van der Waals surface area contributed by atoms with Crippen molar-refractivity contribution >= 4 is 38.9 Å². The second kappa shape index (κ2) is 8.94. The topological polar surface area (TPSA) is 102 Å². The molecule has 0 fully saturated rings. The fraction of sp³-hybridized carbons (Fsp3) is 0.200. The third kappa shape index (κ3) is 5.53. The van der Waals surface area contributed by atoms with Crippen molar-refractivity contribution in [3.05, 3.63) is 70.3 Å². The van der Waals surface area contributed by atoms with Crippen LogP contribution in [0.15, 0.2) is 42.5 Å². The number of nitrogens with zero attached hydrogens (tertiary/aromatic N) is 2. The zero-order valence-electron chi connectivity index (χ0n) is 16.9. The number of carbonyl (C=O) groups excluding carboxylic acids is 1. The van der Waals surface area contributed by atoms with Gasteiger partial charge in [-0.05, 0) is 42.8 Å². The van der Waals surface area contributed by atoms with Gasteiger partial charge in [0.15, 0.2) is 0 Å². The predicted molar refractivity (Wildman–Crippen MR) is 117 cm³/mol. The van der Waals surface area contributed by atoms with Crippen LogP contribution in [0.1, 0.15) is 21.6 Å². The van der Waals surface area contributed by atoms with Crippen molar-refractivity contribution in [1.29, 1.82) is 0 Å².